The highest BCUT2D eigenvalue weighted by molar-refractivity contribution is 7.15. The lowest BCUT2D eigenvalue weighted by Gasteiger charge is -2.11. The van der Waals surface area contributed by atoms with Crippen LogP contribution in [0.2, 0.25) is 0 Å². The van der Waals surface area contributed by atoms with Crippen molar-refractivity contribution in [1.29, 1.82) is 0 Å². The molecule has 1 aromatic heterocycles. The number of benzene rings is 2. The molecule has 6 heteroatoms. The van der Waals surface area contributed by atoms with Crippen molar-refractivity contribution in [1.82, 2.24) is 4.98 Å². The van der Waals surface area contributed by atoms with Crippen LogP contribution >= 0.6 is 11.3 Å². The molecule has 0 fully saturated rings. The van der Waals surface area contributed by atoms with Gasteiger partial charge in [-0.1, -0.05) is 29.8 Å². The maximum Gasteiger partial charge on any atom is 0.259 e. The first-order valence-electron chi connectivity index (χ1n) is 7.74. The number of thiazole rings is 1. The minimum atomic E-state index is -0.311. The molecule has 0 saturated heterocycles. The Balaban J connectivity index is 1.81. The number of amides is 2. The third-order valence-corrected chi connectivity index (χ3v) is 4.37. The van der Waals surface area contributed by atoms with Gasteiger partial charge in [0.25, 0.3) is 11.8 Å². The average molecular weight is 351 g/mol. The van der Waals surface area contributed by atoms with Crippen LogP contribution in [-0.2, 0) is 0 Å². The van der Waals surface area contributed by atoms with Gasteiger partial charge in [0.1, 0.15) is 0 Å². The summed E-state index contributed by atoms with van der Waals surface area (Å²) in [7, 11) is 0. The molecule has 126 valence electrons. The molecule has 1 heterocycles. The Morgan fingerprint density at radius 2 is 1.76 bits per heavy atom. The predicted octanol–water partition coefficient (Wildman–Crippen LogP) is 4.26. The Labute approximate surface area is 149 Å². The minimum absolute atomic E-state index is 0.256. The number of rotatable bonds is 4. The van der Waals surface area contributed by atoms with Gasteiger partial charge in [0.15, 0.2) is 5.13 Å². The first-order valence-corrected chi connectivity index (χ1v) is 8.55. The van der Waals surface area contributed by atoms with Crippen LogP contribution in [0.15, 0.2) is 54.7 Å². The van der Waals surface area contributed by atoms with E-state index in [2.05, 4.69) is 15.6 Å². The average Bonchev–Trinajstić information content (AvgIpc) is 3.00. The fraction of sp³-hybridized carbons (Fsp3) is 0.105. The molecular weight excluding hydrogens is 334 g/mol. The molecule has 0 atom stereocenters. The van der Waals surface area contributed by atoms with Crippen LogP contribution in [0.3, 0.4) is 0 Å². The fourth-order valence-electron chi connectivity index (χ4n) is 2.35. The van der Waals surface area contributed by atoms with Crippen LogP contribution in [0, 0.1) is 13.8 Å². The molecule has 0 spiro atoms. The molecule has 2 N–H and O–H groups in total. The summed E-state index contributed by atoms with van der Waals surface area (Å²) in [6, 6.07) is 14.2. The quantitative estimate of drug-likeness (QED) is 0.737. The highest BCUT2D eigenvalue weighted by Gasteiger charge is 2.15. The van der Waals surface area contributed by atoms with Crippen LogP contribution in [0.5, 0.6) is 0 Å². The molecule has 0 radical (unpaired) electrons. The number of aryl methyl sites for hydroxylation is 2. The zero-order chi connectivity index (χ0) is 17.8. The number of hydrogen-bond donors (Lipinski definition) is 2. The number of hydrogen-bond acceptors (Lipinski definition) is 4. The Hall–Kier alpha value is -2.99. The third-order valence-electron chi connectivity index (χ3n) is 3.54. The van der Waals surface area contributed by atoms with E-state index < -0.39 is 0 Å². The number of carbonyl (C=O) groups excluding carboxylic acids is 2. The lowest BCUT2D eigenvalue weighted by molar-refractivity contribution is 0.102. The molecule has 0 aliphatic heterocycles. The maximum atomic E-state index is 12.5. The van der Waals surface area contributed by atoms with Gasteiger partial charge in [0.05, 0.1) is 11.3 Å². The molecule has 0 saturated carbocycles. The Morgan fingerprint density at radius 1 is 0.960 bits per heavy atom. The third kappa shape index (κ3) is 4.10. The molecule has 3 rings (SSSR count). The molecule has 25 heavy (non-hydrogen) atoms. The van der Waals surface area contributed by atoms with Crippen molar-refractivity contribution >= 4 is 34.0 Å². The summed E-state index contributed by atoms with van der Waals surface area (Å²) in [5, 5.41) is 6.10. The van der Waals surface area contributed by atoms with E-state index in [4.69, 9.17) is 0 Å². The van der Waals surface area contributed by atoms with Gasteiger partial charge in [-0.05, 0) is 38.1 Å². The number of anilines is 2. The zero-order valence-electron chi connectivity index (χ0n) is 13.9. The van der Waals surface area contributed by atoms with Crippen LogP contribution in [0.1, 0.15) is 31.2 Å². The second-order valence-electron chi connectivity index (χ2n) is 5.60. The van der Waals surface area contributed by atoms with E-state index in [0.29, 0.717) is 21.9 Å². The number of nitrogens with zero attached hydrogens (tertiary/aromatic N) is 1. The number of carbonyl (C=O) groups is 2. The largest absolute Gasteiger partial charge is 0.321 e. The van der Waals surface area contributed by atoms with Crippen molar-refractivity contribution in [3.05, 3.63) is 76.3 Å². The fourth-order valence-corrected chi connectivity index (χ4v) is 3.01. The molecule has 2 aromatic carbocycles. The highest BCUT2D eigenvalue weighted by Crippen LogP contribution is 2.21. The van der Waals surface area contributed by atoms with Gasteiger partial charge in [-0.3, -0.25) is 14.9 Å². The molecule has 5 nitrogen and oxygen atoms in total. The summed E-state index contributed by atoms with van der Waals surface area (Å²) < 4.78 is 0. The summed E-state index contributed by atoms with van der Waals surface area (Å²) >= 11 is 1.40. The van der Waals surface area contributed by atoms with Gasteiger partial charge in [-0.2, -0.15) is 0 Å². The predicted molar refractivity (Wildman–Crippen MR) is 100 cm³/mol. The first-order chi connectivity index (χ1) is 12.0. The van der Waals surface area contributed by atoms with Gasteiger partial charge in [-0.25, -0.2) is 4.98 Å². The van der Waals surface area contributed by atoms with Gasteiger partial charge >= 0.3 is 0 Å². The van der Waals surface area contributed by atoms with E-state index in [-0.39, 0.29) is 11.8 Å². The summed E-state index contributed by atoms with van der Waals surface area (Å²) in [6.45, 7) is 3.84. The second kappa shape index (κ2) is 7.27. The van der Waals surface area contributed by atoms with Crippen molar-refractivity contribution < 1.29 is 9.59 Å². The molecular formula is C19H17N3O2S. The molecule has 2 amide bonds. The summed E-state index contributed by atoms with van der Waals surface area (Å²) in [5.41, 5.74) is 2.39. The molecule has 0 aliphatic rings. The van der Waals surface area contributed by atoms with E-state index in [1.165, 1.54) is 11.3 Å². The maximum absolute atomic E-state index is 12.5. The number of para-hydroxylation sites is 1. The first kappa shape index (κ1) is 16.9. The number of nitrogens with one attached hydrogen (secondary N) is 2. The molecule has 0 unspecified atom stereocenters. The topological polar surface area (TPSA) is 71.1 Å². The normalized spacial score (nSPS) is 10.3. The Kier molecular flexibility index (Phi) is 4.90. The van der Waals surface area contributed by atoms with Gasteiger partial charge in [0.2, 0.25) is 0 Å². The van der Waals surface area contributed by atoms with Crippen LogP contribution in [0.25, 0.3) is 0 Å². The van der Waals surface area contributed by atoms with Gasteiger partial charge < -0.3 is 5.32 Å². The van der Waals surface area contributed by atoms with Crippen molar-refractivity contribution in [2.75, 3.05) is 10.6 Å². The van der Waals surface area contributed by atoms with E-state index in [1.54, 1.807) is 42.6 Å². The van der Waals surface area contributed by atoms with Crippen LogP contribution in [-0.4, -0.2) is 16.8 Å². The van der Waals surface area contributed by atoms with E-state index >= 15 is 0 Å². The van der Waals surface area contributed by atoms with Gasteiger partial charge in [0, 0.05) is 16.6 Å². The molecule has 0 bridgehead atoms. The SMILES string of the molecule is Cc1cccc(C(=O)Nc2ccccc2C(=O)Nc2ncc(C)s2)c1. The summed E-state index contributed by atoms with van der Waals surface area (Å²) in [6.07, 6.45) is 1.70. The lowest BCUT2D eigenvalue weighted by atomic mass is 10.1. The zero-order valence-corrected chi connectivity index (χ0v) is 14.7. The van der Waals surface area contributed by atoms with Crippen molar-refractivity contribution in [3.63, 3.8) is 0 Å². The summed E-state index contributed by atoms with van der Waals surface area (Å²) in [5.74, 6) is -0.566. The van der Waals surface area contributed by atoms with Crippen LogP contribution < -0.4 is 10.6 Å². The van der Waals surface area contributed by atoms with Crippen molar-refractivity contribution in [2.45, 2.75) is 13.8 Å². The lowest BCUT2D eigenvalue weighted by Crippen LogP contribution is -2.18. The van der Waals surface area contributed by atoms with Crippen LogP contribution in [0.4, 0.5) is 10.8 Å². The Bertz CT molecular complexity index is 934. The van der Waals surface area contributed by atoms with Gasteiger partial charge in [-0.15, -0.1) is 11.3 Å². The second-order valence-corrected chi connectivity index (χ2v) is 6.83. The minimum Gasteiger partial charge on any atom is -0.321 e. The van der Waals surface area contributed by atoms with Crippen molar-refractivity contribution in [3.8, 4) is 0 Å². The van der Waals surface area contributed by atoms with E-state index in [0.717, 1.165) is 10.4 Å². The van der Waals surface area contributed by atoms with E-state index in [1.807, 2.05) is 26.0 Å². The Morgan fingerprint density at radius 3 is 2.48 bits per heavy atom. The smallest absolute Gasteiger partial charge is 0.259 e. The standard InChI is InChI=1S/C19H17N3O2S/c1-12-6-5-7-14(10-12)17(23)21-16-9-4-3-8-15(16)18(24)22-19-20-11-13(2)25-19/h3-11H,1-2H3,(H,21,23)(H,20,22,24). The van der Waals surface area contributed by atoms with E-state index in [9.17, 15) is 9.59 Å². The highest BCUT2D eigenvalue weighted by atomic mass is 32.1. The molecule has 0 aliphatic carbocycles. The molecule has 3 aromatic rings. The van der Waals surface area contributed by atoms with Crippen molar-refractivity contribution in [2.24, 2.45) is 0 Å². The number of aromatic nitrogens is 1. The monoisotopic (exact) mass is 351 g/mol. The summed E-state index contributed by atoms with van der Waals surface area (Å²) in [4.78, 5) is 30.1.